The van der Waals surface area contributed by atoms with Gasteiger partial charge < -0.3 is 5.73 Å². The Balaban J connectivity index is 2.43. The molecule has 1 nitrogen and oxygen atoms in total. The SMILES string of the molecule is Cc1cc(C)cc(C(N)c2sc(C)cc2Br)c1. The van der Waals surface area contributed by atoms with E-state index in [4.69, 9.17) is 5.73 Å². The Morgan fingerprint density at radius 3 is 2.12 bits per heavy atom. The van der Waals surface area contributed by atoms with Crippen LogP contribution in [0.25, 0.3) is 0 Å². The molecule has 0 bridgehead atoms. The summed E-state index contributed by atoms with van der Waals surface area (Å²) in [5.41, 5.74) is 10.1. The third kappa shape index (κ3) is 2.79. The van der Waals surface area contributed by atoms with Gasteiger partial charge in [0, 0.05) is 14.2 Å². The van der Waals surface area contributed by atoms with E-state index in [0.29, 0.717) is 0 Å². The number of rotatable bonds is 2. The Morgan fingerprint density at radius 2 is 1.65 bits per heavy atom. The number of aryl methyl sites for hydroxylation is 3. The molecule has 0 aliphatic heterocycles. The van der Waals surface area contributed by atoms with Crippen molar-refractivity contribution in [2.75, 3.05) is 0 Å². The van der Waals surface area contributed by atoms with E-state index < -0.39 is 0 Å². The fraction of sp³-hybridized carbons (Fsp3) is 0.286. The van der Waals surface area contributed by atoms with Crippen molar-refractivity contribution in [2.45, 2.75) is 26.8 Å². The molecule has 1 aromatic carbocycles. The average Bonchev–Trinajstić information content (AvgIpc) is 2.55. The third-order valence-electron chi connectivity index (χ3n) is 2.72. The highest BCUT2D eigenvalue weighted by Gasteiger charge is 2.15. The quantitative estimate of drug-likeness (QED) is 0.869. The monoisotopic (exact) mass is 309 g/mol. The molecule has 90 valence electrons. The maximum atomic E-state index is 6.35. The Kier molecular flexibility index (Phi) is 3.71. The van der Waals surface area contributed by atoms with E-state index in [2.05, 4.69) is 61.0 Å². The molecule has 0 fully saturated rings. The van der Waals surface area contributed by atoms with Crippen molar-refractivity contribution in [1.29, 1.82) is 0 Å². The van der Waals surface area contributed by atoms with Crippen LogP contribution in [0, 0.1) is 20.8 Å². The molecule has 1 unspecified atom stereocenters. The summed E-state index contributed by atoms with van der Waals surface area (Å²) >= 11 is 5.34. The van der Waals surface area contributed by atoms with Crippen LogP contribution in [0.2, 0.25) is 0 Å². The van der Waals surface area contributed by atoms with Gasteiger partial charge in [-0.15, -0.1) is 11.3 Å². The van der Waals surface area contributed by atoms with E-state index in [9.17, 15) is 0 Å². The van der Waals surface area contributed by atoms with Gasteiger partial charge in [-0.2, -0.15) is 0 Å². The molecular formula is C14H16BrNS. The lowest BCUT2D eigenvalue weighted by Gasteiger charge is -2.13. The summed E-state index contributed by atoms with van der Waals surface area (Å²) < 4.78 is 1.12. The second-order valence-corrected chi connectivity index (χ2v) is 6.61. The zero-order valence-electron chi connectivity index (χ0n) is 10.3. The van der Waals surface area contributed by atoms with Crippen molar-refractivity contribution in [2.24, 2.45) is 5.73 Å². The summed E-state index contributed by atoms with van der Waals surface area (Å²) in [5, 5.41) is 0. The van der Waals surface area contributed by atoms with Crippen LogP contribution in [0.3, 0.4) is 0 Å². The normalized spacial score (nSPS) is 12.8. The van der Waals surface area contributed by atoms with Gasteiger partial charge in [0.2, 0.25) is 0 Å². The number of thiophene rings is 1. The molecule has 0 radical (unpaired) electrons. The van der Waals surface area contributed by atoms with Crippen LogP contribution in [-0.4, -0.2) is 0 Å². The fourth-order valence-electron chi connectivity index (χ4n) is 2.05. The average molecular weight is 310 g/mol. The van der Waals surface area contributed by atoms with Crippen LogP contribution in [0.15, 0.2) is 28.7 Å². The number of hydrogen-bond acceptors (Lipinski definition) is 2. The van der Waals surface area contributed by atoms with Gasteiger partial charge in [-0.3, -0.25) is 0 Å². The number of benzene rings is 1. The van der Waals surface area contributed by atoms with Crippen LogP contribution < -0.4 is 5.73 Å². The minimum absolute atomic E-state index is 0.0401. The van der Waals surface area contributed by atoms with E-state index in [1.165, 1.54) is 26.4 Å². The molecular weight excluding hydrogens is 294 g/mol. The van der Waals surface area contributed by atoms with E-state index >= 15 is 0 Å². The molecule has 17 heavy (non-hydrogen) atoms. The van der Waals surface area contributed by atoms with Crippen molar-refractivity contribution in [3.05, 3.63) is 55.2 Å². The third-order valence-corrected chi connectivity index (χ3v) is 4.77. The van der Waals surface area contributed by atoms with Crippen molar-refractivity contribution < 1.29 is 0 Å². The van der Waals surface area contributed by atoms with Crippen molar-refractivity contribution in [3.8, 4) is 0 Å². The zero-order valence-corrected chi connectivity index (χ0v) is 12.7. The summed E-state index contributed by atoms with van der Waals surface area (Å²) in [5.74, 6) is 0. The van der Waals surface area contributed by atoms with Crippen LogP contribution in [0.4, 0.5) is 0 Å². The number of halogens is 1. The molecule has 2 N–H and O–H groups in total. The zero-order chi connectivity index (χ0) is 12.6. The molecule has 0 saturated heterocycles. The fourth-order valence-corrected chi connectivity index (χ4v) is 3.98. The van der Waals surface area contributed by atoms with Gasteiger partial charge in [0.05, 0.1) is 6.04 Å². The number of hydrogen-bond donors (Lipinski definition) is 1. The Hall–Kier alpha value is -0.640. The highest BCUT2D eigenvalue weighted by atomic mass is 79.9. The molecule has 1 atom stereocenters. The highest BCUT2D eigenvalue weighted by molar-refractivity contribution is 9.10. The lowest BCUT2D eigenvalue weighted by atomic mass is 10.0. The lowest BCUT2D eigenvalue weighted by Crippen LogP contribution is -2.11. The molecule has 0 aliphatic carbocycles. The topological polar surface area (TPSA) is 26.0 Å². The Bertz CT molecular complexity index is 525. The van der Waals surface area contributed by atoms with Crippen LogP contribution >= 0.6 is 27.3 Å². The van der Waals surface area contributed by atoms with Crippen molar-refractivity contribution in [3.63, 3.8) is 0 Å². The van der Waals surface area contributed by atoms with Gasteiger partial charge >= 0.3 is 0 Å². The smallest absolute Gasteiger partial charge is 0.0657 e. The molecule has 0 aliphatic rings. The van der Waals surface area contributed by atoms with Gasteiger partial charge in [-0.25, -0.2) is 0 Å². The van der Waals surface area contributed by atoms with E-state index in [-0.39, 0.29) is 6.04 Å². The van der Waals surface area contributed by atoms with Gasteiger partial charge in [0.1, 0.15) is 0 Å². The summed E-state index contributed by atoms with van der Waals surface area (Å²) in [6, 6.07) is 8.59. The molecule has 0 amide bonds. The summed E-state index contributed by atoms with van der Waals surface area (Å²) in [4.78, 5) is 2.49. The largest absolute Gasteiger partial charge is 0.320 e. The first-order chi connectivity index (χ1) is 7.97. The van der Waals surface area contributed by atoms with Crippen LogP contribution in [-0.2, 0) is 0 Å². The van der Waals surface area contributed by atoms with Crippen molar-refractivity contribution in [1.82, 2.24) is 0 Å². The second kappa shape index (κ2) is 4.92. The Morgan fingerprint density at radius 1 is 1.06 bits per heavy atom. The molecule has 0 spiro atoms. The van der Waals surface area contributed by atoms with Gasteiger partial charge in [-0.05, 0) is 48.3 Å². The van der Waals surface area contributed by atoms with E-state index in [0.717, 1.165) is 4.47 Å². The van der Waals surface area contributed by atoms with Gasteiger partial charge in [0.25, 0.3) is 0 Å². The van der Waals surface area contributed by atoms with Gasteiger partial charge in [0.15, 0.2) is 0 Å². The predicted octanol–water partition coefficient (Wildman–Crippen LogP) is 4.48. The van der Waals surface area contributed by atoms with Crippen molar-refractivity contribution >= 4 is 27.3 Å². The first-order valence-corrected chi connectivity index (χ1v) is 7.18. The molecule has 3 heteroatoms. The van der Waals surface area contributed by atoms with E-state index in [1.54, 1.807) is 11.3 Å². The summed E-state index contributed by atoms with van der Waals surface area (Å²) in [6.45, 7) is 6.32. The lowest BCUT2D eigenvalue weighted by molar-refractivity contribution is 0.885. The predicted molar refractivity (Wildman–Crippen MR) is 78.7 cm³/mol. The molecule has 2 rings (SSSR count). The molecule has 0 saturated carbocycles. The van der Waals surface area contributed by atoms with E-state index in [1.807, 2.05) is 0 Å². The summed E-state index contributed by atoms with van der Waals surface area (Å²) in [7, 11) is 0. The first-order valence-electron chi connectivity index (χ1n) is 5.57. The van der Waals surface area contributed by atoms with Crippen LogP contribution in [0.1, 0.15) is 32.5 Å². The molecule has 2 aromatic rings. The minimum Gasteiger partial charge on any atom is -0.320 e. The second-order valence-electron chi connectivity index (χ2n) is 4.47. The van der Waals surface area contributed by atoms with Crippen LogP contribution in [0.5, 0.6) is 0 Å². The van der Waals surface area contributed by atoms with Gasteiger partial charge in [-0.1, -0.05) is 29.3 Å². The molecule has 1 heterocycles. The highest BCUT2D eigenvalue weighted by Crippen LogP contribution is 2.34. The maximum Gasteiger partial charge on any atom is 0.0657 e. The number of nitrogens with two attached hydrogens (primary N) is 1. The minimum atomic E-state index is -0.0401. The molecule has 1 aromatic heterocycles. The Labute approximate surface area is 115 Å². The standard InChI is InChI=1S/C14H16BrNS/c1-8-4-9(2)6-11(5-8)13(16)14-12(15)7-10(3)17-14/h4-7,13H,16H2,1-3H3. The first kappa shape index (κ1) is 12.8. The summed E-state index contributed by atoms with van der Waals surface area (Å²) in [6.07, 6.45) is 0. The maximum absolute atomic E-state index is 6.35.